The molecule has 12 heavy (non-hydrogen) atoms. The van der Waals surface area contributed by atoms with Crippen molar-refractivity contribution in [3.05, 3.63) is 0 Å². The van der Waals surface area contributed by atoms with Crippen LogP contribution in [0.5, 0.6) is 0 Å². The van der Waals surface area contributed by atoms with Crippen LogP contribution in [0.2, 0.25) is 0 Å². The molecule has 0 radical (unpaired) electrons. The Hall–Kier alpha value is -0.0800. The van der Waals surface area contributed by atoms with E-state index < -0.39 is 0 Å². The maximum Gasteiger partial charge on any atom is 0.0583 e. The highest BCUT2D eigenvalue weighted by atomic mass is 16.3. The fraction of sp³-hybridized carbons (Fsp3) is 1.00. The minimum absolute atomic E-state index is 0.0243. The molecule has 2 rings (SSSR count). The van der Waals surface area contributed by atoms with Crippen molar-refractivity contribution in [2.75, 3.05) is 0 Å². The Morgan fingerprint density at radius 2 is 2.00 bits per heavy atom. The van der Waals surface area contributed by atoms with Crippen molar-refractivity contribution in [3.8, 4) is 0 Å². The van der Waals surface area contributed by atoms with Crippen LogP contribution in [0.1, 0.15) is 39.0 Å². The standard InChI is InChI=1S/C10H19NO/c1-7-5-6-8-9(11-7)3-2-4-10(8)12/h7-12H,2-6H2,1H3/t7-,8?,9?,10+/m0/s1. The number of piperidine rings is 1. The highest BCUT2D eigenvalue weighted by molar-refractivity contribution is 4.91. The van der Waals surface area contributed by atoms with E-state index in [4.69, 9.17) is 0 Å². The van der Waals surface area contributed by atoms with E-state index in [9.17, 15) is 5.11 Å². The van der Waals surface area contributed by atoms with Gasteiger partial charge >= 0.3 is 0 Å². The van der Waals surface area contributed by atoms with E-state index in [-0.39, 0.29) is 6.10 Å². The van der Waals surface area contributed by atoms with Gasteiger partial charge in [0.15, 0.2) is 0 Å². The van der Waals surface area contributed by atoms with Crippen molar-refractivity contribution in [1.82, 2.24) is 5.32 Å². The Bertz CT molecular complexity index is 160. The van der Waals surface area contributed by atoms with Crippen LogP contribution in [0.3, 0.4) is 0 Å². The van der Waals surface area contributed by atoms with Crippen LogP contribution < -0.4 is 5.32 Å². The zero-order valence-corrected chi connectivity index (χ0v) is 7.79. The summed E-state index contributed by atoms with van der Waals surface area (Å²) in [4.78, 5) is 0. The van der Waals surface area contributed by atoms with Crippen molar-refractivity contribution in [2.24, 2.45) is 5.92 Å². The molecular formula is C10H19NO. The lowest BCUT2D eigenvalue weighted by Gasteiger charge is -2.42. The zero-order valence-electron chi connectivity index (χ0n) is 7.79. The van der Waals surface area contributed by atoms with Gasteiger partial charge in [0.1, 0.15) is 0 Å². The normalized spacial score (nSPS) is 48.5. The fourth-order valence-corrected chi connectivity index (χ4v) is 2.73. The van der Waals surface area contributed by atoms with Crippen LogP contribution in [-0.4, -0.2) is 23.3 Å². The molecule has 0 bridgehead atoms. The molecule has 2 aliphatic rings. The first-order valence-corrected chi connectivity index (χ1v) is 5.21. The lowest BCUT2D eigenvalue weighted by Crippen LogP contribution is -2.52. The third-order valence-electron chi connectivity index (χ3n) is 3.46. The van der Waals surface area contributed by atoms with E-state index in [1.165, 1.54) is 25.7 Å². The minimum atomic E-state index is -0.0243. The van der Waals surface area contributed by atoms with Crippen molar-refractivity contribution < 1.29 is 5.11 Å². The van der Waals surface area contributed by atoms with Crippen LogP contribution in [0.15, 0.2) is 0 Å². The molecular weight excluding hydrogens is 150 g/mol. The summed E-state index contributed by atoms with van der Waals surface area (Å²) >= 11 is 0. The Morgan fingerprint density at radius 1 is 1.17 bits per heavy atom. The van der Waals surface area contributed by atoms with Crippen LogP contribution in [0, 0.1) is 5.92 Å². The third-order valence-corrected chi connectivity index (χ3v) is 3.46. The second kappa shape index (κ2) is 3.35. The summed E-state index contributed by atoms with van der Waals surface area (Å²) in [7, 11) is 0. The molecule has 2 fully saturated rings. The molecule has 0 aromatic rings. The first-order chi connectivity index (χ1) is 5.77. The molecule has 1 saturated carbocycles. The summed E-state index contributed by atoms with van der Waals surface area (Å²) in [5.41, 5.74) is 0. The SMILES string of the molecule is C[C@H]1CCC2C(CCC[C@H]2O)N1. The van der Waals surface area contributed by atoms with Gasteiger partial charge in [-0.2, -0.15) is 0 Å². The molecule has 1 aliphatic heterocycles. The molecule has 2 heteroatoms. The number of fused-ring (bicyclic) bond motifs is 1. The first-order valence-electron chi connectivity index (χ1n) is 5.21. The van der Waals surface area contributed by atoms with Gasteiger partial charge in [0.05, 0.1) is 6.10 Å². The number of nitrogens with one attached hydrogen (secondary N) is 1. The zero-order chi connectivity index (χ0) is 8.55. The largest absolute Gasteiger partial charge is 0.393 e. The number of hydrogen-bond acceptors (Lipinski definition) is 2. The monoisotopic (exact) mass is 169 g/mol. The molecule has 1 saturated heterocycles. The number of aliphatic hydroxyl groups is 1. The van der Waals surface area contributed by atoms with Gasteiger partial charge in [-0.05, 0) is 39.0 Å². The van der Waals surface area contributed by atoms with Crippen LogP contribution in [0.25, 0.3) is 0 Å². The molecule has 2 nitrogen and oxygen atoms in total. The van der Waals surface area contributed by atoms with E-state index in [2.05, 4.69) is 12.2 Å². The molecule has 0 spiro atoms. The Balaban J connectivity index is 1.99. The molecule has 1 heterocycles. The molecule has 70 valence electrons. The van der Waals surface area contributed by atoms with Crippen LogP contribution in [0.4, 0.5) is 0 Å². The second-order valence-electron chi connectivity index (χ2n) is 4.41. The molecule has 0 aromatic heterocycles. The van der Waals surface area contributed by atoms with E-state index in [1.807, 2.05) is 0 Å². The van der Waals surface area contributed by atoms with Gasteiger partial charge in [0, 0.05) is 18.0 Å². The topological polar surface area (TPSA) is 32.3 Å². The van der Waals surface area contributed by atoms with Gasteiger partial charge in [-0.3, -0.25) is 0 Å². The second-order valence-corrected chi connectivity index (χ2v) is 4.41. The van der Waals surface area contributed by atoms with E-state index in [0.29, 0.717) is 18.0 Å². The highest BCUT2D eigenvalue weighted by Crippen LogP contribution is 2.32. The van der Waals surface area contributed by atoms with Gasteiger partial charge in [-0.1, -0.05) is 0 Å². The fourth-order valence-electron chi connectivity index (χ4n) is 2.73. The lowest BCUT2D eigenvalue weighted by molar-refractivity contribution is 0.0229. The van der Waals surface area contributed by atoms with Crippen molar-refractivity contribution in [1.29, 1.82) is 0 Å². The Labute approximate surface area is 74.4 Å². The molecule has 0 aromatic carbocycles. The smallest absolute Gasteiger partial charge is 0.0583 e. The quantitative estimate of drug-likeness (QED) is 0.572. The predicted molar refractivity (Wildman–Crippen MR) is 49.0 cm³/mol. The molecule has 1 aliphatic carbocycles. The maximum absolute atomic E-state index is 9.75. The Morgan fingerprint density at radius 3 is 2.83 bits per heavy atom. The van der Waals surface area contributed by atoms with Gasteiger partial charge in [-0.15, -0.1) is 0 Å². The predicted octanol–water partition coefficient (Wildman–Crippen LogP) is 1.29. The molecule has 0 amide bonds. The van der Waals surface area contributed by atoms with Crippen molar-refractivity contribution >= 4 is 0 Å². The molecule has 2 N–H and O–H groups in total. The summed E-state index contributed by atoms with van der Waals surface area (Å²) < 4.78 is 0. The van der Waals surface area contributed by atoms with Crippen LogP contribution in [-0.2, 0) is 0 Å². The van der Waals surface area contributed by atoms with Crippen LogP contribution >= 0.6 is 0 Å². The van der Waals surface area contributed by atoms with E-state index in [0.717, 1.165) is 6.42 Å². The summed E-state index contributed by atoms with van der Waals surface area (Å²) in [6, 6.07) is 1.27. The number of hydrogen-bond donors (Lipinski definition) is 2. The number of rotatable bonds is 0. The average molecular weight is 169 g/mol. The summed E-state index contributed by atoms with van der Waals surface area (Å²) in [6.07, 6.45) is 5.92. The van der Waals surface area contributed by atoms with E-state index in [1.54, 1.807) is 0 Å². The number of aliphatic hydroxyl groups excluding tert-OH is 1. The van der Waals surface area contributed by atoms with Crippen molar-refractivity contribution in [3.63, 3.8) is 0 Å². The molecule has 2 unspecified atom stereocenters. The van der Waals surface area contributed by atoms with Gasteiger partial charge in [-0.25, -0.2) is 0 Å². The summed E-state index contributed by atoms with van der Waals surface area (Å²) in [5, 5.41) is 13.3. The highest BCUT2D eigenvalue weighted by Gasteiger charge is 2.35. The van der Waals surface area contributed by atoms with E-state index >= 15 is 0 Å². The lowest BCUT2D eigenvalue weighted by atomic mass is 9.76. The van der Waals surface area contributed by atoms with Gasteiger partial charge in [0.25, 0.3) is 0 Å². The minimum Gasteiger partial charge on any atom is -0.393 e. The van der Waals surface area contributed by atoms with Gasteiger partial charge < -0.3 is 10.4 Å². The summed E-state index contributed by atoms with van der Waals surface area (Å²) in [5.74, 6) is 0.551. The van der Waals surface area contributed by atoms with Crippen molar-refractivity contribution in [2.45, 2.75) is 57.2 Å². The maximum atomic E-state index is 9.75. The third kappa shape index (κ3) is 1.50. The summed E-state index contributed by atoms with van der Waals surface area (Å²) in [6.45, 7) is 2.25. The molecule has 4 atom stereocenters. The van der Waals surface area contributed by atoms with Gasteiger partial charge in [0.2, 0.25) is 0 Å². The Kier molecular flexibility index (Phi) is 2.37. The average Bonchev–Trinajstić information content (AvgIpc) is 2.04. The first kappa shape index (κ1) is 8.52.